The third-order valence-corrected chi connectivity index (χ3v) is 10.3. The van der Waals surface area contributed by atoms with E-state index in [2.05, 4.69) is 157 Å². The number of benzene rings is 6. The fourth-order valence-electron chi connectivity index (χ4n) is 6.94. The van der Waals surface area contributed by atoms with Gasteiger partial charge in [0.1, 0.15) is 10.8 Å². The van der Waals surface area contributed by atoms with Gasteiger partial charge in [0.25, 0.3) is 0 Å². The van der Waals surface area contributed by atoms with Crippen LogP contribution in [0.3, 0.4) is 0 Å². The maximum absolute atomic E-state index is 5.15. The van der Waals surface area contributed by atoms with Crippen LogP contribution in [0.5, 0.6) is 0 Å². The first kappa shape index (κ1) is 26.8. The van der Waals surface area contributed by atoms with Gasteiger partial charge in [0.05, 0.1) is 32.6 Å². The van der Waals surface area contributed by atoms with Gasteiger partial charge in [0, 0.05) is 27.9 Å². The molecule has 1 aliphatic heterocycles. The standard InChI is InChI=1S/C41H30N4S/c1-41(2)31-17-9-11-19-35(31)44(36-20-12-10-18-32(36)41)30-23-21-28(22-24-30)40-43-34-25-37-33(26-38(34)46-40)42-39(27-13-5-3-6-14-27)45(37)29-15-7-4-8-16-29/h3-26H,1-2H3. The first-order valence-electron chi connectivity index (χ1n) is 15.6. The Morgan fingerprint density at radius 3 is 1.83 bits per heavy atom. The first-order chi connectivity index (χ1) is 22.6. The lowest BCUT2D eigenvalue weighted by atomic mass is 9.73. The summed E-state index contributed by atoms with van der Waals surface area (Å²) < 4.78 is 3.37. The highest BCUT2D eigenvalue weighted by Gasteiger charge is 2.36. The molecule has 0 saturated heterocycles. The van der Waals surface area contributed by atoms with Crippen molar-refractivity contribution in [1.29, 1.82) is 0 Å². The van der Waals surface area contributed by atoms with Gasteiger partial charge in [0.2, 0.25) is 0 Å². The van der Waals surface area contributed by atoms with Crippen LogP contribution in [0.25, 0.3) is 48.9 Å². The van der Waals surface area contributed by atoms with Crippen LogP contribution in [0, 0.1) is 0 Å². The van der Waals surface area contributed by atoms with Gasteiger partial charge < -0.3 is 4.90 Å². The SMILES string of the molecule is CC1(C)c2ccccc2N(c2ccc(-c3nc4cc5c(cc4s3)nc(-c3ccccc3)n5-c3ccccc3)cc2)c2ccccc21. The molecule has 1 aliphatic rings. The highest BCUT2D eigenvalue weighted by atomic mass is 32.1. The summed E-state index contributed by atoms with van der Waals surface area (Å²) in [5, 5.41) is 1.00. The predicted molar refractivity (Wildman–Crippen MR) is 192 cm³/mol. The molecule has 5 heteroatoms. The Balaban J connectivity index is 1.13. The Bertz CT molecular complexity index is 2340. The van der Waals surface area contributed by atoms with Crippen LogP contribution in [-0.2, 0) is 5.41 Å². The summed E-state index contributed by atoms with van der Waals surface area (Å²) in [6, 6.07) is 51.6. The molecular weight excluding hydrogens is 581 g/mol. The van der Waals surface area contributed by atoms with Crippen molar-refractivity contribution in [3.63, 3.8) is 0 Å². The molecule has 0 atom stereocenters. The third kappa shape index (κ3) is 4.12. The Kier molecular flexibility index (Phi) is 5.99. The van der Waals surface area contributed by atoms with Crippen molar-refractivity contribution in [2.75, 3.05) is 4.90 Å². The Morgan fingerprint density at radius 2 is 1.15 bits per heavy atom. The molecule has 4 nitrogen and oxygen atoms in total. The fraction of sp³-hybridized carbons (Fsp3) is 0.0732. The quantitative estimate of drug-likeness (QED) is 0.199. The molecule has 0 radical (unpaired) electrons. The van der Waals surface area contributed by atoms with Crippen LogP contribution in [0.15, 0.2) is 146 Å². The number of rotatable bonds is 4. The number of thiazole rings is 1. The zero-order chi connectivity index (χ0) is 30.8. The molecule has 0 amide bonds. The van der Waals surface area contributed by atoms with Gasteiger partial charge in [0.15, 0.2) is 0 Å². The molecule has 0 bridgehead atoms. The topological polar surface area (TPSA) is 34.0 Å². The lowest BCUT2D eigenvalue weighted by Gasteiger charge is -2.42. The largest absolute Gasteiger partial charge is 0.310 e. The number of imidazole rings is 1. The van der Waals surface area contributed by atoms with Crippen LogP contribution in [-0.4, -0.2) is 14.5 Å². The van der Waals surface area contributed by atoms with Crippen molar-refractivity contribution in [3.05, 3.63) is 157 Å². The van der Waals surface area contributed by atoms with E-state index in [0.29, 0.717) is 0 Å². The molecule has 0 aliphatic carbocycles. The third-order valence-electron chi connectivity index (χ3n) is 9.22. The van der Waals surface area contributed by atoms with Crippen LogP contribution in [0.2, 0.25) is 0 Å². The summed E-state index contributed by atoms with van der Waals surface area (Å²) in [6.07, 6.45) is 0. The summed E-state index contributed by atoms with van der Waals surface area (Å²) in [5.41, 5.74) is 12.5. The molecule has 0 N–H and O–H groups in total. The lowest BCUT2D eigenvalue weighted by molar-refractivity contribution is 0.632. The lowest BCUT2D eigenvalue weighted by Crippen LogP contribution is -2.30. The van der Waals surface area contributed by atoms with Crippen molar-refractivity contribution in [3.8, 4) is 27.6 Å². The highest BCUT2D eigenvalue weighted by Crippen LogP contribution is 2.51. The van der Waals surface area contributed by atoms with Crippen molar-refractivity contribution in [2.24, 2.45) is 0 Å². The summed E-state index contributed by atoms with van der Waals surface area (Å²) in [5.74, 6) is 0.930. The second-order valence-corrected chi connectivity index (χ2v) is 13.4. The van der Waals surface area contributed by atoms with Gasteiger partial charge in [-0.3, -0.25) is 4.57 Å². The van der Waals surface area contributed by atoms with Crippen LogP contribution < -0.4 is 4.90 Å². The molecule has 46 heavy (non-hydrogen) atoms. The van der Waals surface area contributed by atoms with E-state index in [9.17, 15) is 0 Å². The summed E-state index contributed by atoms with van der Waals surface area (Å²) >= 11 is 1.72. The summed E-state index contributed by atoms with van der Waals surface area (Å²) in [6.45, 7) is 4.64. The minimum absolute atomic E-state index is 0.0765. The molecule has 0 unspecified atom stereocenters. The number of anilines is 3. The van der Waals surface area contributed by atoms with Crippen molar-refractivity contribution in [1.82, 2.24) is 14.5 Å². The number of nitrogens with zero attached hydrogens (tertiary/aromatic N) is 4. The molecule has 2 aromatic heterocycles. The van der Waals surface area contributed by atoms with Gasteiger partial charge in [-0.2, -0.15) is 0 Å². The van der Waals surface area contributed by atoms with Gasteiger partial charge in [-0.25, -0.2) is 9.97 Å². The molecule has 8 aromatic rings. The Morgan fingerprint density at radius 1 is 0.543 bits per heavy atom. The average molecular weight is 611 g/mol. The molecule has 0 saturated carbocycles. The molecule has 6 aromatic carbocycles. The van der Waals surface area contributed by atoms with Crippen LogP contribution >= 0.6 is 11.3 Å². The minimum atomic E-state index is -0.0765. The van der Waals surface area contributed by atoms with E-state index in [1.54, 1.807) is 11.3 Å². The fourth-order valence-corrected chi connectivity index (χ4v) is 7.93. The molecule has 9 rings (SSSR count). The van der Waals surface area contributed by atoms with Crippen LogP contribution in [0.1, 0.15) is 25.0 Å². The molecule has 0 spiro atoms. The maximum Gasteiger partial charge on any atom is 0.145 e. The maximum atomic E-state index is 5.15. The number of fused-ring (bicyclic) bond motifs is 4. The van der Waals surface area contributed by atoms with E-state index in [-0.39, 0.29) is 5.41 Å². The second kappa shape index (κ2) is 10.3. The molecule has 220 valence electrons. The minimum Gasteiger partial charge on any atom is -0.310 e. The number of hydrogen-bond donors (Lipinski definition) is 0. The first-order valence-corrected chi connectivity index (χ1v) is 16.4. The Hall–Kier alpha value is -5.52. The number of para-hydroxylation sites is 3. The molecule has 0 fully saturated rings. The van der Waals surface area contributed by atoms with E-state index in [1.165, 1.54) is 22.5 Å². The summed E-state index contributed by atoms with van der Waals surface area (Å²) in [4.78, 5) is 12.7. The molecule has 3 heterocycles. The van der Waals surface area contributed by atoms with Crippen molar-refractivity contribution >= 4 is 49.6 Å². The van der Waals surface area contributed by atoms with Gasteiger partial charge >= 0.3 is 0 Å². The number of hydrogen-bond acceptors (Lipinski definition) is 4. The zero-order valence-electron chi connectivity index (χ0n) is 25.6. The van der Waals surface area contributed by atoms with Crippen molar-refractivity contribution < 1.29 is 0 Å². The van der Waals surface area contributed by atoms with E-state index in [1.807, 2.05) is 12.1 Å². The van der Waals surface area contributed by atoms with E-state index in [0.717, 1.165) is 54.6 Å². The van der Waals surface area contributed by atoms with Crippen molar-refractivity contribution in [2.45, 2.75) is 19.3 Å². The normalized spacial score (nSPS) is 13.6. The average Bonchev–Trinajstić information content (AvgIpc) is 3.69. The van der Waals surface area contributed by atoms with E-state index in [4.69, 9.17) is 9.97 Å². The summed E-state index contributed by atoms with van der Waals surface area (Å²) in [7, 11) is 0. The predicted octanol–water partition coefficient (Wildman–Crippen LogP) is 11.1. The van der Waals surface area contributed by atoms with E-state index >= 15 is 0 Å². The Labute approximate surface area is 271 Å². The van der Waals surface area contributed by atoms with Crippen LogP contribution in [0.4, 0.5) is 17.1 Å². The van der Waals surface area contributed by atoms with Gasteiger partial charge in [-0.15, -0.1) is 11.3 Å². The molecular formula is C41H30N4S. The second-order valence-electron chi connectivity index (χ2n) is 12.3. The monoisotopic (exact) mass is 610 g/mol. The smallest absolute Gasteiger partial charge is 0.145 e. The van der Waals surface area contributed by atoms with E-state index < -0.39 is 0 Å². The number of aromatic nitrogens is 3. The van der Waals surface area contributed by atoms with Gasteiger partial charge in [-0.05, 0) is 71.8 Å². The van der Waals surface area contributed by atoms with Gasteiger partial charge in [-0.1, -0.05) is 98.8 Å². The highest BCUT2D eigenvalue weighted by molar-refractivity contribution is 7.21. The zero-order valence-corrected chi connectivity index (χ0v) is 26.4.